The van der Waals surface area contributed by atoms with Crippen molar-refractivity contribution >= 4 is 5.97 Å². The summed E-state index contributed by atoms with van der Waals surface area (Å²) in [6.07, 6.45) is 3.06. The molecule has 1 saturated carbocycles. The molecule has 0 aliphatic heterocycles. The Morgan fingerprint density at radius 2 is 2.07 bits per heavy atom. The molecule has 4 nitrogen and oxygen atoms in total. The Kier molecular flexibility index (Phi) is 4.11. The largest absolute Gasteiger partial charge is 0.480 e. The van der Waals surface area contributed by atoms with Crippen LogP contribution in [0.15, 0.2) is 0 Å². The number of nitrogens with zero attached hydrogens (tertiary/aromatic N) is 1. The van der Waals surface area contributed by atoms with Gasteiger partial charge in [-0.15, -0.1) is 0 Å². The third kappa shape index (κ3) is 6.47. The third-order valence-electron chi connectivity index (χ3n) is 2.61. The molecular formula is C11H21NO3. The Bertz CT molecular complexity index is 218. The van der Waals surface area contributed by atoms with Crippen LogP contribution >= 0.6 is 0 Å². The maximum atomic E-state index is 10.6. The van der Waals surface area contributed by atoms with Gasteiger partial charge in [0.2, 0.25) is 0 Å². The van der Waals surface area contributed by atoms with Crippen LogP contribution in [0.1, 0.15) is 33.1 Å². The van der Waals surface area contributed by atoms with E-state index in [1.807, 2.05) is 4.90 Å². The maximum Gasteiger partial charge on any atom is 0.317 e. The average Bonchev–Trinajstić information content (AvgIpc) is 2.81. The highest BCUT2D eigenvalue weighted by Crippen LogP contribution is 2.29. The quantitative estimate of drug-likeness (QED) is 0.663. The Morgan fingerprint density at radius 3 is 2.47 bits per heavy atom. The molecule has 0 atom stereocenters. The van der Waals surface area contributed by atoms with E-state index < -0.39 is 11.6 Å². The van der Waals surface area contributed by atoms with Gasteiger partial charge in [0.1, 0.15) is 0 Å². The highest BCUT2D eigenvalue weighted by atomic mass is 16.4. The van der Waals surface area contributed by atoms with Gasteiger partial charge < -0.3 is 10.2 Å². The summed E-state index contributed by atoms with van der Waals surface area (Å²) in [5.74, 6) is -0.0995. The summed E-state index contributed by atoms with van der Waals surface area (Å²) < 4.78 is 0. The Labute approximate surface area is 90.9 Å². The van der Waals surface area contributed by atoms with Crippen molar-refractivity contribution in [1.29, 1.82) is 0 Å². The zero-order valence-corrected chi connectivity index (χ0v) is 9.57. The molecule has 15 heavy (non-hydrogen) atoms. The number of rotatable bonds is 7. The van der Waals surface area contributed by atoms with Gasteiger partial charge in [0.15, 0.2) is 0 Å². The topological polar surface area (TPSA) is 60.8 Å². The van der Waals surface area contributed by atoms with Crippen molar-refractivity contribution in [2.24, 2.45) is 5.92 Å². The molecule has 0 spiro atoms. The molecule has 0 amide bonds. The summed E-state index contributed by atoms with van der Waals surface area (Å²) in [7, 11) is 0. The van der Waals surface area contributed by atoms with Gasteiger partial charge in [0, 0.05) is 13.1 Å². The smallest absolute Gasteiger partial charge is 0.317 e. The fourth-order valence-corrected chi connectivity index (χ4v) is 1.52. The molecule has 4 heteroatoms. The molecule has 0 heterocycles. The molecule has 0 saturated heterocycles. The van der Waals surface area contributed by atoms with Gasteiger partial charge in [-0.05, 0) is 39.0 Å². The fourth-order valence-electron chi connectivity index (χ4n) is 1.52. The maximum absolute atomic E-state index is 10.6. The van der Waals surface area contributed by atoms with Crippen LogP contribution in [-0.4, -0.2) is 46.3 Å². The number of aliphatic carboxylic acids is 1. The summed E-state index contributed by atoms with van der Waals surface area (Å²) >= 11 is 0. The second kappa shape index (κ2) is 4.94. The zero-order chi connectivity index (χ0) is 11.5. The van der Waals surface area contributed by atoms with Crippen molar-refractivity contribution < 1.29 is 15.0 Å². The lowest BCUT2D eigenvalue weighted by Gasteiger charge is -2.24. The molecule has 0 aromatic carbocycles. The summed E-state index contributed by atoms with van der Waals surface area (Å²) in [6.45, 7) is 5.12. The summed E-state index contributed by atoms with van der Waals surface area (Å²) in [6, 6.07) is 0. The van der Waals surface area contributed by atoms with Crippen LogP contribution in [-0.2, 0) is 4.79 Å². The average molecular weight is 215 g/mol. The van der Waals surface area contributed by atoms with E-state index >= 15 is 0 Å². The van der Waals surface area contributed by atoms with Crippen molar-refractivity contribution in [2.45, 2.75) is 38.7 Å². The summed E-state index contributed by atoms with van der Waals surface area (Å²) in [5.41, 5.74) is -0.708. The van der Waals surface area contributed by atoms with Crippen LogP contribution in [0.4, 0.5) is 0 Å². The molecule has 0 aromatic rings. The SMILES string of the molecule is CC(C)(O)CCN(CC(=O)O)CC1CC1. The first-order valence-electron chi connectivity index (χ1n) is 5.53. The predicted molar refractivity (Wildman–Crippen MR) is 57.7 cm³/mol. The minimum Gasteiger partial charge on any atom is -0.480 e. The van der Waals surface area contributed by atoms with E-state index in [1.165, 1.54) is 12.8 Å². The zero-order valence-electron chi connectivity index (χ0n) is 9.57. The van der Waals surface area contributed by atoms with Crippen LogP contribution in [0.25, 0.3) is 0 Å². The Morgan fingerprint density at radius 1 is 1.47 bits per heavy atom. The summed E-state index contributed by atoms with van der Waals surface area (Å²) in [5, 5.41) is 18.3. The fraction of sp³-hybridized carbons (Fsp3) is 0.909. The van der Waals surface area contributed by atoms with Crippen LogP contribution in [0.3, 0.4) is 0 Å². The number of carbonyl (C=O) groups is 1. The van der Waals surface area contributed by atoms with Crippen molar-refractivity contribution in [3.05, 3.63) is 0 Å². The lowest BCUT2D eigenvalue weighted by atomic mass is 10.1. The molecular weight excluding hydrogens is 194 g/mol. The molecule has 1 aliphatic rings. The van der Waals surface area contributed by atoms with E-state index in [9.17, 15) is 9.90 Å². The first kappa shape index (κ1) is 12.5. The normalized spacial score (nSPS) is 17.1. The first-order valence-corrected chi connectivity index (χ1v) is 5.53. The number of carboxylic acid groups (broad SMARTS) is 1. The van der Waals surface area contributed by atoms with E-state index in [0.29, 0.717) is 18.9 Å². The van der Waals surface area contributed by atoms with Gasteiger partial charge >= 0.3 is 5.97 Å². The van der Waals surface area contributed by atoms with Crippen LogP contribution in [0.2, 0.25) is 0 Å². The van der Waals surface area contributed by atoms with Crippen LogP contribution in [0.5, 0.6) is 0 Å². The van der Waals surface area contributed by atoms with E-state index in [0.717, 1.165) is 6.54 Å². The van der Waals surface area contributed by atoms with E-state index in [4.69, 9.17) is 5.11 Å². The predicted octanol–water partition coefficient (Wildman–Crippen LogP) is 0.944. The van der Waals surface area contributed by atoms with Gasteiger partial charge in [-0.2, -0.15) is 0 Å². The van der Waals surface area contributed by atoms with Gasteiger partial charge in [-0.1, -0.05) is 0 Å². The van der Waals surface area contributed by atoms with Crippen LogP contribution in [0, 0.1) is 5.92 Å². The molecule has 88 valence electrons. The molecule has 0 bridgehead atoms. The minimum atomic E-state index is -0.786. The molecule has 1 fully saturated rings. The monoisotopic (exact) mass is 215 g/mol. The van der Waals surface area contributed by atoms with Gasteiger partial charge in [-0.3, -0.25) is 9.69 Å². The Hall–Kier alpha value is -0.610. The lowest BCUT2D eigenvalue weighted by Crippen LogP contribution is -2.36. The van der Waals surface area contributed by atoms with E-state index in [2.05, 4.69) is 0 Å². The lowest BCUT2D eigenvalue weighted by molar-refractivity contribution is -0.138. The molecule has 1 aliphatic carbocycles. The Balaban J connectivity index is 2.30. The number of carboxylic acids is 1. The number of hydrogen-bond acceptors (Lipinski definition) is 3. The molecule has 0 radical (unpaired) electrons. The highest BCUT2D eigenvalue weighted by Gasteiger charge is 2.26. The first-order chi connectivity index (χ1) is 6.87. The number of hydrogen-bond donors (Lipinski definition) is 2. The molecule has 0 aromatic heterocycles. The molecule has 0 unspecified atom stereocenters. The van der Waals surface area contributed by atoms with Crippen LogP contribution < -0.4 is 0 Å². The highest BCUT2D eigenvalue weighted by molar-refractivity contribution is 5.69. The van der Waals surface area contributed by atoms with Gasteiger partial charge in [-0.25, -0.2) is 0 Å². The second-order valence-electron chi connectivity index (χ2n) is 5.13. The van der Waals surface area contributed by atoms with Crippen molar-refractivity contribution in [2.75, 3.05) is 19.6 Å². The van der Waals surface area contributed by atoms with Crippen molar-refractivity contribution in [3.8, 4) is 0 Å². The summed E-state index contributed by atoms with van der Waals surface area (Å²) in [4.78, 5) is 12.6. The second-order valence-corrected chi connectivity index (χ2v) is 5.13. The van der Waals surface area contributed by atoms with E-state index in [1.54, 1.807) is 13.8 Å². The van der Waals surface area contributed by atoms with Gasteiger partial charge in [0.25, 0.3) is 0 Å². The third-order valence-corrected chi connectivity index (χ3v) is 2.61. The van der Waals surface area contributed by atoms with Gasteiger partial charge in [0.05, 0.1) is 12.1 Å². The minimum absolute atomic E-state index is 0.0899. The molecule has 1 rings (SSSR count). The van der Waals surface area contributed by atoms with Crippen molar-refractivity contribution in [3.63, 3.8) is 0 Å². The number of aliphatic hydroxyl groups is 1. The van der Waals surface area contributed by atoms with Crippen molar-refractivity contribution in [1.82, 2.24) is 4.90 Å². The van der Waals surface area contributed by atoms with E-state index in [-0.39, 0.29) is 6.54 Å². The standard InChI is InChI=1S/C11H21NO3/c1-11(2,15)5-6-12(8-10(13)14)7-9-3-4-9/h9,15H,3-8H2,1-2H3,(H,13,14). The molecule has 2 N–H and O–H groups in total.